The number of aliphatic hydroxyl groups excluding tert-OH is 4. The summed E-state index contributed by atoms with van der Waals surface area (Å²) in [6, 6.07) is 15.4. The van der Waals surface area contributed by atoms with Crippen LogP contribution in [-0.4, -0.2) is 110 Å². The molecule has 50 heavy (non-hydrogen) atoms. The number of phenols is 2. The molecule has 7 atom stereocenters. The van der Waals surface area contributed by atoms with Crippen molar-refractivity contribution >= 4 is 35.6 Å². The van der Waals surface area contributed by atoms with Gasteiger partial charge in [0.05, 0.1) is 18.0 Å². The quantitative estimate of drug-likeness (QED) is 0.143. The number of fused-ring (bicyclic) bond motifs is 1. The van der Waals surface area contributed by atoms with Gasteiger partial charge in [-0.2, -0.15) is 0 Å². The lowest BCUT2D eigenvalue weighted by atomic mass is 9.88. The van der Waals surface area contributed by atoms with E-state index in [0.29, 0.717) is 48.3 Å². The summed E-state index contributed by atoms with van der Waals surface area (Å²) < 4.78 is 11.2. The van der Waals surface area contributed by atoms with Crippen molar-refractivity contribution < 1.29 is 54.8 Å². The number of ether oxygens (including phenoxy) is 2. The lowest BCUT2D eigenvalue weighted by molar-refractivity contribution is -0.277. The number of aliphatic hydroxyl groups is 4. The zero-order valence-electron chi connectivity index (χ0n) is 26.7. The highest BCUT2D eigenvalue weighted by molar-refractivity contribution is 6.32. The van der Waals surface area contributed by atoms with E-state index in [9.17, 15) is 45.3 Å². The molecular weight excluding hydrogens is 650 g/mol. The Morgan fingerprint density at radius 1 is 0.980 bits per heavy atom. The minimum Gasteiger partial charge on any atom is -0.508 e. The maximum atomic E-state index is 14.0. The number of aliphatic carboxylic acids is 1. The number of carboxylic acid groups (broad SMARTS) is 1. The Kier molecular flexibility index (Phi) is 10.3. The van der Waals surface area contributed by atoms with E-state index in [4.69, 9.17) is 9.47 Å². The van der Waals surface area contributed by atoms with Crippen LogP contribution >= 0.6 is 0 Å². The fourth-order valence-corrected chi connectivity index (χ4v) is 6.50. The molecule has 3 aliphatic heterocycles. The van der Waals surface area contributed by atoms with Crippen LogP contribution in [-0.2, 0) is 27.2 Å². The minimum absolute atomic E-state index is 0.0453. The number of nitrogens with zero attached hydrogens (tertiary/aromatic N) is 3. The van der Waals surface area contributed by atoms with E-state index >= 15 is 0 Å². The first kappa shape index (κ1) is 34.7. The highest BCUT2D eigenvalue weighted by Crippen LogP contribution is 2.48. The largest absolute Gasteiger partial charge is 0.508 e. The number of aromatic hydroxyl groups is 2. The van der Waals surface area contributed by atoms with E-state index in [1.165, 1.54) is 30.4 Å². The van der Waals surface area contributed by atoms with Gasteiger partial charge in [-0.15, -0.1) is 0 Å². The number of hydrogen-bond donors (Lipinski definition) is 7. The molecule has 3 aliphatic rings. The molecule has 262 valence electrons. The normalized spacial score (nSPS) is 25.9. The highest BCUT2D eigenvalue weighted by Gasteiger charge is 2.48. The third-order valence-corrected chi connectivity index (χ3v) is 9.08. The molecule has 0 saturated carbocycles. The molecule has 3 heterocycles. The van der Waals surface area contributed by atoms with Crippen molar-refractivity contribution in [3.05, 3.63) is 89.0 Å². The number of phenolic OH excluding ortho intramolecular Hbond substituents is 2. The highest BCUT2D eigenvalue weighted by atomic mass is 16.7. The van der Waals surface area contributed by atoms with Crippen molar-refractivity contribution in [2.75, 3.05) is 18.2 Å². The SMILES string of the molecule is O=C(O)C1C(CCc2ccccc2)c2cc(O)c(OC3OC(CO)C(O)C(O)C3O)cc2N1C(=O)C=Cc1ccc(O)c(CC2=NCN=C2)c1. The summed E-state index contributed by atoms with van der Waals surface area (Å²) in [7, 11) is 0. The number of aryl methyl sites for hydroxylation is 1. The van der Waals surface area contributed by atoms with Gasteiger partial charge in [-0.05, 0) is 53.8 Å². The Morgan fingerprint density at radius 2 is 1.76 bits per heavy atom. The monoisotopic (exact) mass is 687 g/mol. The minimum atomic E-state index is -1.78. The Bertz CT molecular complexity index is 1830. The number of carbonyl (C=O) groups excluding carboxylic acids is 1. The van der Waals surface area contributed by atoms with Gasteiger partial charge in [0.2, 0.25) is 6.29 Å². The smallest absolute Gasteiger partial charge is 0.327 e. The van der Waals surface area contributed by atoms with Crippen molar-refractivity contribution in [3.8, 4) is 17.2 Å². The standard InChI is InChI=1S/C36H37N3O11/c40-17-29-32(44)33(45)34(46)36(50-29)49-28-15-25-24(14-27(28)42)23(9-6-19-4-2-1-3-5-19)31(35(47)48)39(25)30(43)11-8-20-7-10-26(41)21(12-20)13-22-16-37-18-38-22/h1-5,7-8,10-12,14-16,23,29,31-34,36,40-42,44-46H,6,9,13,17-18H2,(H,47,48). The second kappa shape index (κ2) is 14.8. The van der Waals surface area contributed by atoms with Crippen LogP contribution in [0.3, 0.4) is 0 Å². The molecule has 0 aromatic heterocycles. The third kappa shape index (κ3) is 7.11. The molecule has 1 amide bonds. The number of carboxylic acids is 1. The first-order valence-corrected chi connectivity index (χ1v) is 16.0. The number of carbonyl (C=O) groups is 2. The molecule has 6 rings (SSSR count). The average molecular weight is 688 g/mol. The molecule has 14 heteroatoms. The maximum absolute atomic E-state index is 14.0. The first-order valence-electron chi connectivity index (χ1n) is 16.0. The van der Waals surface area contributed by atoms with Gasteiger partial charge in [-0.25, -0.2) is 4.79 Å². The summed E-state index contributed by atoms with van der Waals surface area (Å²) in [5.74, 6) is -3.42. The average Bonchev–Trinajstić information content (AvgIpc) is 3.74. The predicted octanol–water partition coefficient (Wildman–Crippen LogP) is 1.53. The summed E-state index contributed by atoms with van der Waals surface area (Å²) in [5, 5.41) is 72.5. The van der Waals surface area contributed by atoms with Crippen molar-refractivity contribution in [1.29, 1.82) is 0 Å². The van der Waals surface area contributed by atoms with E-state index in [-0.39, 0.29) is 17.2 Å². The Morgan fingerprint density at radius 3 is 2.46 bits per heavy atom. The topological polar surface area (TPSA) is 222 Å². The summed E-state index contributed by atoms with van der Waals surface area (Å²) in [4.78, 5) is 36.3. The van der Waals surface area contributed by atoms with Crippen LogP contribution in [0, 0.1) is 0 Å². The van der Waals surface area contributed by atoms with Crippen LogP contribution in [0.25, 0.3) is 6.08 Å². The number of aliphatic imine (C=N–C) groups is 2. The van der Waals surface area contributed by atoms with Crippen LogP contribution in [0.1, 0.15) is 34.6 Å². The Hall–Kier alpha value is -5.12. The van der Waals surface area contributed by atoms with E-state index in [1.807, 2.05) is 30.3 Å². The fraction of sp³-hybridized carbons (Fsp3) is 0.333. The van der Waals surface area contributed by atoms with Crippen molar-refractivity contribution in [2.45, 2.75) is 61.9 Å². The number of anilines is 1. The second-order valence-electron chi connectivity index (χ2n) is 12.3. The molecule has 1 fully saturated rings. The molecule has 3 aromatic rings. The molecule has 0 aliphatic carbocycles. The van der Waals surface area contributed by atoms with Crippen LogP contribution in [0.15, 0.2) is 76.7 Å². The van der Waals surface area contributed by atoms with Gasteiger partial charge in [0.1, 0.15) is 42.9 Å². The number of benzene rings is 3. The number of amides is 1. The molecule has 14 nitrogen and oxygen atoms in total. The van der Waals surface area contributed by atoms with Crippen molar-refractivity contribution in [3.63, 3.8) is 0 Å². The van der Waals surface area contributed by atoms with Gasteiger partial charge in [-0.1, -0.05) is 36.4 Å². The van der Waals surface area contributed by atoms with E-state index in [0.717, 1.165) is 10.5 Å². The second-order valence-corrected chi connectivity index (χ2v) is 12.3. The zero-order valence-corrected chi connectivity index (χ0v) is 26.7. The van der Waals surface area contributed by atoms with E-state index < -0.39 is 66.9 Å². The number of hydrogen-bond acceptors (Lipinski definition) is 12. The van der Waals surface area contributed by atoms with Crippen LogP contribution in [0.5, 0.6) is 17.2 Å². The van der Waals surface area contributed by atoms with Gasteiger partial charge in [0.15, 0.2) is 11.5 Å². The van der Waals surface area contributed by atoms with Gasteiger partial charge >= 0.3 is 5.97 Å². The molecular formula is C36H37N3O11. The van der Waals surface area contributed by atoms with Crippen LogP contribution in [0.2, 0.25) is 0 Å². The predicted molar refractivity (Wildman–Crippen MR) is 181 cm³/mol. The summed E-state index contributed by atoms with van der Waals surface area (Å²) in [6.07, 6.45) is -2.64. The maximum Gasteiger partial charge on any atom is 0.327 e. The van der Waals surface area contributed by atoms with Crippen LogP contribution in [0.4, 0.5) is 5.69 Å². The van der Waals surface area contributed by atoms with Gasteiger partial charge < -0.3 is 45.2 Å². The lowest BCUT2D eigenvalue weighted by Gasteiger charge is -2.39. The molecule has 3 aromatic carbocycles. The van der Waals surface area contributed by atoms with Crippen molar-refractivity contribution in [1.82, 2.24) is 0 Å². The molecule has 0 radical (unpaired) electrons. The first-order chi connectivity index (χ1) is 24.0. The number of rotatable bonds is 11. The Labute approximate surface area is 286 Å². The fourth-order valence-electron chi connectivity index (χ4n) is 6.50. The molecule has 7 unspecified atom stereocenters. The van der Waals surface area contributed by atoms with Crippen molar-refractivity contribution in [2.24, 2.45) is 9.98 Å². The molecule has 0 spiro atoms. The lowest BCUT2D eigenvalue weighted by Crippen LogP contribution is -2.60. The summed E-state index contributed by atoms with van der Waals surface area (Å²) >= 11 is 0. The Balaban J connectivity index is 1.34. The molecule has 1 saturated heterocycles. The third-order valence-electron chi connectivity index (χ3n) is 9.08. The molecule has 7 N–H and O–H groups in total. The summed E-state index contributed by atoms with van der Waals surface area (Å²) in [6.45, 7) is -0.379. The summed E-state index contributed by atoms with van der Waals surface area (Å²) in [5.41, 5.74) is 3.28. The van der Waals surface area contributed by atoms with E-state index in [2.05, 4.69) is 9.98 Å². The zero-order chi connectivity index (χ0) is 35.5. The van der Waals surface area contributed by atoms with Gasteiger partial charge in [0.25, 0.3) is 5.91 Å². The van der Waals surface area contributed by atoms with Crippen LogP contribution < -0.4 is 9.64 Å². The molecule has 0 bridgehead atoms. The van der Waals surface area contributed by atoms with Gasteiger partial charge in [-0.3, -0.25) is 19.7 Å². The van der Waals surface area contributed by atoms with Gasteiger partial charge in [0, 0.05) is 36.3 Å². The van der Waals surface area contributed by atoms with E-state index in [1.54, 1.807) is 18.3 Å².